The number of allylic oxidation sites excluding steroid dienone is 4. The molecule has 0 saturated heterocycles. The fourth-order valence-corrected chi connectivity index (χ4v) is 2.62. The quantitative estimate of drug-likeness (QED) is 0.772. The summed E-state index contributed by atoms with van der Waals surface area (Å²) in [7, 11) is 0. The molecule has 0 saturated carbocycles. The molecular weight excluding hydrogens is 294 g/mol. The van der Waals surface area contributed by atoms with E-state index in [0.717, 1.165) is 25.3 Å². The van der Waals surface area contributed by atoms with Crippen LogP contribution in [0.2, 0.25) is 0 Å². The first-order chi connectivity index (χ1) is 11.9. The van der Waals surface area contributed by atoms with E-state index in [-0.39, 0.29) is 0 Å². The van der Waals surface area contributed by atoms with Gasteiger partial charge in [0.05, 0.1) is 6.54 Å². The largest absolute Gasteiger partial charge is 0.492 e. The van der Waals surface area contributed by atoms with E-state index in [1.54, 1.807) is 0 Å². The zero-order chi connectivity index (χ0) is 16.5. The lowest BCUT2D eigenvalue weighted by Crippen LogP contribution is -2.23. The van der Waals surface area contributed by atoms with Crippen LogP contribution in [-0.2, 0) is 6.42 Å². The molecule has 2 heteroatoms. The molecule has 24 heavy (non-hydrogen) atoms. The molecule has 3 rings (SSSR count). The Hall–Kier alpha value is -2.74. The Labute approximate surface area is 144 Å². The molecule has 0 unspecified atom stereocenters. The summed E-state index contributed by atoms with van der Waals surface area (Å²) >= 11 is 0. The molecular formula is C22H23NO. The predicted octanol–water partition coefficient (Wildman–Crippen LogP) is 4.60. The summed E-state index contributed by atoms with van der Waals surface area (Å²) < 4.78 is 5.87. The highest BCUT2D eigenvalue weighted by molar-refractivity contribution is 5.31. The molecule has 0 spiro atoms. The van der Waals surface area contributed by atoms with Crippen molar-refractivity contribution in [2.45, 2.75) is 6.42 Å². The minimum absolute atomic E-state index is 0.680. The standard InChI is InChI=1S/C22H23NO/c1-2-7-15-23(16-8-3-1)17-18-24-22-13-11-21(12-14-22)19-20-9-5-4-6-10-20/h1-15H,16-19H2/b2-1-,8-3-,15-7-. The SMILES string of the molecule is C1=C\C=C/N(CCOc2ccc(Cc3ccccc3)cc2)C\C=C/1. The second kappa shape index (κ2) is 8.78. The topological polar surface area (TPSA) is 12.5 Å². The van der Waals surface area contributed by atoms with Crippen LogP contribution >= 0.6 is 0 Å². The van der Waals surface area contributed by atoms with Crippen LogP contribution in [0.5, 0.6) is 5.75 Å². The maximum atomic E-state index is 5.87. The third-order valence-corrected chi connectivity index (χ3v) is 3.93. The highest BCUT2D eigenvalue weighted by atomic mass is 16.5. The molecule has 0 atom stereocenters. The van der Waals surface area contributed by atoms with Crippen LogP contribution in [0.1, 0.15) is 11.1 Å². The lowest BCUT2D eigenvalue weighted by molar-refractivity contribution is 0.264. The summed E-state index contributed by atoms with van der Waals surface area (Å²) in [6.07, 6.45) is 13.4. The van der Waals surface area contributed by atoms with Crippen LogP contribution < -0.4 is 4.74 Å². The van der Waals surface area contributed by atoms with E-state index >= 15 is 0 Å². The van der Waals surface area contributed by atoms with Crippen molar-refractivity contribution >= 4 is 0 Å². The van der Waals surface area contributed by atoms with Gasteiger partial charge in [0.2, 0.25) is 0 Å². The summed E-state index contributed by atoms with van der Waals surface area (Å²) in [6.45, 7) is 2.47. The Morgan fingerprint density at radius 3 is 2.38 bits per heavy atom. The van der Waals surface area contributed by atoms with Crippen molar-refractivity contribution in [2.75, 3.05) is 19.7 Å². The Balaban J connectivity index is 1.47. The number of hydrogen-bond donors (Lipinski definition) is 0. The van der Waals surface area contributed by atoms with Crippen LogP contribution in [-0.4, -0.2) is 24.6 Å². The van der Waals surface area contributed by atoms with Crippen molar-refractivity contribution in [3.05, 3.63) is 102 Å². The van der Waals surface area contributed by atoms with Gasteiger partial charge >= 0.3 is 0 Å². The smallest absolute Gasteiger partial charge is 0.119 e. The molecule has 0 radical (unpaired) electrons. The highest BCUT2D eigenvalue weighted by Crippen LogP contribution is 2.15. The lowest BCUT2D eigenvalue weighted by Gasteiger charge is -2.19. The van der Waals surface area contributed by atoms with Gasteiger partial charge in [0.15, 0.2) is 0 Å². The first-order valence-electron chi connectivity index (χ1n) is 8.40. The van der Waals surface area contributed by atoms with Gasteiger partial charge < -0.3 is 9.64 Å². The molecule has 0 fully saturated rings. The van der Waals surface area contributed by atoms with Crippen LogP contribution in [0, 0.1) is 0 Å². The van der Waals surface area contributed by atoms with Crippen LogP contribution in [0.4, 0.5) is 0 Å². The molecule has 1 heterocycles. The van der Waals surface area contributed by atoms with Gasteiger partial charge in [-0.15, -0.1) is 0 Å². The van der Waals surface area contributed by atoms with E-state index in [9.17, 15) is 0 Å². The molecule has 0 N–H and O–H groups in total. The van der Waals surface area contributed by atoms with Gasteiger partial charge in [-0.1, -0.05) is 66.8 Å². The van der Waals surface area contributed by atoms with E-state index in [1.165, 1.54) is 11.1 Å². The van der Waals surface area contributed by atoms with Gasteiger partial charge in [0.1, 0.15) is 12.4 Å². The monoisotopic (exact) mass is 317 g/mol. The van der Waals surface area contributed by atoms with Crippen molar-refractivity contribution in [1.29, 1.82) is 0 Å². The molecule has 1 aliphatic rings. The number of benzene rings is 2. The normalized spacial score (nSPS) is 17.6. The fraction of sp³-hybridized carbons (Fsp3) is 0.182. The van der Waals surface area contributed by atoms with Gasteiger partial charge in [-0.25, -0.2) is 0 Å². The molecule has 0 aromatic heterocycles. The molecule has 0 aliphatic carbocycles. The lowest BCUT2D eigenvalue weighted by atomic mass is 10.1. The van der Waals surface area contributed by atoms with E-state index in [1.807, 2.05) is 18.2 Å². The molecule has 122 valence electrons. The number of ether oxygens (including phenoxy) is 1. The Morgan fingerprint density at radius 2 is 1.54 bits per heavy atom. The summed E-state index contributed by atoms with van der Waals surface area (Å²) in [4.78, 5) is 2.24. The van der Waals surface area contributed by atoms with Crippen LogP contribution in [0.3, 0.4) is 0 Å². The number of rotatable bonds is 6. The third-order valence-electron chi connectivity index (χ3n) is 3.93. The Bertz CT molecular complexity index is 699. The van der Waals surface area contributed by atoms with Crippen molar-refractivity contribution in [3.63, 3.8) is 0 Å². The van der Waals surface area contributed by atoms with Crippen molar-refractivity contribution in [3.8, 4) is 5.75 Å². The number of hydrogen-bond acceptors (Lipinski definition) is 2. The molecule has 0 bridgehead atoms. The Morgan fingerprint density at radius 1 is 0.792 bits per heavy atom. The highest BCUT2D eigenvalue weighted by Gasteiger charge is 2.00. The average Bonchev–Trinajstić information content (AvgIpc) is 2.59. The molecule has 1 aliphatic heterocycles. The number of nitrogens with zero attached hydrogens (tertiary/aromatic N) is 1. The zero-order valence-electron chi connectivity index (χ0n) is 13.8. The molecule has 2 aromatic rings. The van der Waals surface area contributed by atoms with Crippen LogP contribution in [0.15, 0.2) is 91.2 Å². The minimum atomic E-state index is 0.680. The van der Waals surface area contributed by atoms with Gasteiger partial charge in [0, 0.05) is 6.54 Å². The average molecular weight is 317 g/mol. The van der Waals surface area contributed by atoms with Gasteiger partial charge in [0.25, 0.3) is 0 Å². The predicted molar refractivity (Wildman–Crippen MR) is 100 cm³/mol. The maximum absolute atomic E-state index is 5.87. The first-order valence-corrected chi connectivity index (χ1v) is 8.40. The Kier molecular flexibility index (Phi) is 5.90. The summed E-state index contributed by atoms with van der Waals surface area (Å²) in [5, 5.41) is 0. The fourth-order valence-electron chi connectivity index (χ4n) is 2.62. The van der Waals surface area contributed by atoms with Gasteiger partial charge in [-0.05, 0) is 42.0 Å². The van der Waals surface area contributed by atoms with E-state index in [2.05, 4.69) is 77.9 Å². The van der Waals surface area contributed by atoms with E-state index in [0.29, 0.717) is 6.61 Å². The summed E-state index contributed by atoms with van der Waals surface area (Å²) in [5.41, 5.74) is 2.63. The third kappa shape index (κ3) is 5.17. The van der Waals surface area contributed by atoms with Crippen molar-refractivity contribution in [2.24, 2.45) is 0 Å². The van der Waals surface area contributed by atoms with Crippen molar-refractivity contribution in [1.82, 2.24) is 4.90 Å². The molecule has 0 amide bonds. The molecule has 2 aromatic carbocycles. The molecule has 2 nitrogen and oxygen atoms in total. The summed E-state index contributed by atoms with van der Waals surface area (Å²) in [5.74, 6) is 0.929. The summed E-state index contributed by atoms with van der Waals surface area (Å²) in [6, 6.07) is 18.9. The van der Waals surface area contributed by atoms with Gasteiger partial charge in [-0.2, -0.15) is 0 Å². The van der Waals surface area contributed by atoms with Crippen molar-refractivity contribution < 1.29 is 4.74 Å². The maximum Gasteiger partial charge on any atom is 0.119 e. The minimum Gasteiger partial charge on any atom is -0.492 e. The van der Waals surface area contributed by atoms with Gasteiger partial charge in [-0.3, -0.25) is 0 Å². The van der Waals surface area contributed by atoms with Crippen LogP contribution in [0.25, 0.3) is 0 Å². The second-order valence-electron chi connectivity index (χ2n) is 5.80. The van der Waals surface area contributed by atoms with E-state index in [4.69, 9.17) is 4.74 Å². The second-order valence-corrected chi connectivity index (χ2v) is 5.80. The zero-order valence-corrected chi connectivity index (χ0v) is 13.8. The first kappa shape index (κ1) is 16.1. The van der Waals surface area contributed by atoms with E-state index < -0.39 is 0 Å².